The number of nitrogens with two attached hydrogens (primary N) is 1. The third-order valence-corrected chi connectivity index (χ3v) is 1.71. The first kappa shape index (κ1) is 12.7. The number of benzene rings is 1. The monoisotopic (exact) mass is 241 g/mol. The Bertz CT molecular complexity index is 377. The molecule has 0 radical (unpaired) electrons. The second-order valence-electron chi connectivity index (χ2n) is 2.98. The van der Waals surface area contributed by atoms with Crippen LogP contribution in [0.4, 0.5) is 22.0 Å². The van der Waals surface area contributed by atoms with Gasteiger partial charge in [-0.1, -0.05) is 0 Å². The van der Waals surface area contributed by atoms with Crippen molar-refractivity contribution in [3.05, 3.63) is 29.3 Å². The SMILES string of the molecule is NCc1cc(F)c(F)cc1OCC(F)(F)F. The number of rotatable bonds is 3. The molecule has 0 amide bonds. The van der Waals surface area contributed by atoms with Crippen LogP contribution < -0.4 is 10.5 Å². The van der Waals surface area contributed by atoms with Crippen LogP contribution in [0.3, 0.4) is 0 Å². The van der Waals surface area contributed by atoms with Gasteiger partial charge in [-0.3, -0.25) is 0 Å². The van der Waals surface area contributed by atoms with Crippen LogP contribution in [0.15, 0.2) is 12.1 Å². The van der Waals surface area contributed by atoms with Gasteiger partial charge in [-0.25, -0.2) is 8.78 Å². The van der Waals surface area contributed by atoms with Crippen LogP contribution >= 0.6 is 0 Å². The number of halogens is 5. The molecule has 7 heteroatoms. The molecule has 1 aromatic carbocycles. The van der Waals surface area contributed by atoms with E-state index in [0.29, 0.717) is 12.1 Å². The van der Waals surface area contributed by atoms with E-state index in [-0.39, 0.29) is 12.1 Å². The van der Waals surface area contributed by atoms with Gasteiger partial charge in [-0.05, 0) is 6.07 Å². The molecule has 0 aliphatic rings. The van der Waals surface area contributed by atoms with E-state index >= 15 is 0 Å². The Labute approximate surface area is 87.8 Å². The largest absolute Gasteiger partial charge is 0.484 e. The van der Waals surface area contributed by atoms with E-state index in [1.807, 2.05) is 0 Å². The Balaban J connectivity index is 2.90. The number of alkyl halides is 3. The van der Waals surface area contributed by atoms with Gasteiger partial charge in [0.05, 0.1) is 0 Å². The van der Waals surface area contributed by atoms with Crippen LogP contribution in [0.5, 0.6) is 5.75 Å². The zero-order valence-electron chi connectivity index (χ0n) is 7.94. The van der Waals surface area contributed by atoms with Gasteiger partial charge in [-0.15, -0.1) is 0 Å². The Hall–Kier alpha value is -1.37. The van der Waals surface area contributed by atoms with Crippen molar-refractivity contribution in [3.8, 4) is 5.75 Å². The summed E-state index contributed by atoms with van der Waals surface area (Å²) < 4.78 is 65.3. The maximum Gasteiger partial charge on any atom is 0.422 e. The highest BCUT2D eigenvalue weighted by molar-refractivity contribution is 5.34. The molecule has 0 saturated carbocycles. The first-order valence-corrected chi connectivity index (χ1v) is 4.21. The lowest BCUT2D eigenvalue weighted by Gasteiger charge is -2.12. The summed E-state index contributed by atoms with van der Waals surface area (Å²) in [6.07, 6.45) is -4.54. The molecule has 0 spiro atoms. The average molecular weight is 241 g/mol. The van der Waals surface area contributed by atoms with Crippen molar-refractivity contribution in [2.75, 3.05) is 6.61 Å². The Morgan fingerprint density at radius 1 is 1.12 bits per heavy atom. The Morgan fingerprint density at radius 3 is 2.19 bits per heavy atom. The number of hydrogen-bond acceptors (Lipinski definition) is 2. The first-order chi connectivity index (χ1) is 7.33. The predicted octanol–water partition coefficient (Wildman–Crippen LogP) is 2.36. The summed E-state index contributed by atoms with van der Waals surface area (Å²) >= 11 is 0. The van der Waals surface area contributed by atoms with Crippen molar-refractivity contribution in [3.63, 3.8) is 0 Å². The summed E-state index contributed by atoms with van der Waals surface area (Å²) in [5, 5.41) is 0. The molecule has 0 aromatic heterocycles. The molecular weight excluding hydrogens is 233 g/mol. The minimum Gasteiger partial charge on any atom is -0.484 e. The first-order valence-electron chi connectivity index (χ1n) is 4.21. The summed E-state index contributed by atoms with van der Waals surface area (Å²) in [7, 11) is 0. The van der Waals surface area contributed by atoms with Crippen LogP contribution in [-0.4, -0.2) is 12.8 Å². The van der Waals surface area contributed by atoms with E-state index < -0.39 is 30.2 Å². The normalized spacial score (nSPS) is 11.6. The number of hydrogen-bond donors (Lipinski definition) is 1. The third kappa shape index (κ3) is 3.34. The second-order valence-corrected chi connectivity index (χ2v) is 2.98. The molecule has 0 bridgehead atoms. The lowest BCUT2D eigenvalue weighted by molar-refractivity contribution is -0.153. The highest BCUT2D eigenvalue weighted by atomic mass is 19.4. The van der Waals surface area contributed by atoms with Crippen molar-refractivity contribution in [2.45, 2.75) is 12.7 Å². The minimum absolute atomic E-state index is 0.0249. The molecular formula is C9H8F5NO. The fourth-order valence-corrected chi connectivity index (χ4v) is 1.02. The van der Waals surface area contributed by atoms with E-state index in [1.165, 1.54) is 0 Å². The molecule has 2 N–H and O–H groups in total. The Morgan fingerprint density at radius 2 is 1.69 bits per heavy atom. The van der Waals surface area contributed by atoms with Crippen molar-refractivity contribution >= 4 is 0 Å². The standard InChI is InChI=1S/C9H8F5NO/c10-6-1-5(3-15)8(2-7(6)11)16-4-9(12,13)14/h1-2H,3-4,15H2. The van der Waals surface area contributed by atoms with Gasteiger partial charge in [-0.2, -0.15) is 13.2 Å². The summed E-state index contributed by atoms with van der Waals surface area (Å²) in [5.41, 5.74) is 5.13. The van der Waals surface area contributed by atoms with Gasteiger partial charge in [0.1, 0.15) is 5.75 Å². The zero-order chi connectivity index (χ0) is 12.3. The molecule has 16 heavy (non-hydrogen) atoms. The quantitative estimate of drug-likeness (QED) is 0.824. The van der Waals surface area contributed by atoms with Crippen LogP contribution in [0.2, 0.25) is 0 Å². The topological polar surface area (TPSA) is 35.2 Å². The molecule has 0 unspecified atom stereocenters. The molecule has 1 rings (SSSR count). The maximum atomic E-state index is 12.7. The lowest BCUT2D eigenvalue weighted by atomic mass is 10.2. The van der Waals surface area contributed by atoms with Crippen molar-refractivity contribution in [2.24, 2.45) is 5.73 Å². The molecule has 0 aliphatic carbocycles. The van der Waals surface area contributed by atoms with Gasteiger partial charge < -0.3 is 10.5 Å². The smallest absolute Gasteiger partial charge is 0.422 e. The van der Waals surface area contributed by atoms with Crippen molar-refractivity contribution < 1.29 is 26.7 Å². The third-order valence-electron chi connectivity index (χ3n) is 1.71. The summed E-state index contributed by atoms with van der Waals surface area (Å²) in [6.45, 7) is -1.82. The molecule has 0 saturated heterocycles. The number of ether oxygens (including phenoxy) is 1. The van der Waals surface area contributed by atoms with Gasteiger partial charge in [0, 0.05) is 18.2 Å². The fraction of sp³-hybridized carbons (Fsp3) is 0.333. The highest BCUT2D eigenvalue weighted by Crippen LogP contribution is 2.24. The average Bonchev–Trinajstić information content (AvgIpc) is 2.18. The Kier molecular flexibility index (Phi) is 3.69. The van der Waals surface area contributed by atoms with Gasteiger partial charge in [0.2, 0.25) is 0 Å². The predicted molar refractivity (Wildman–Crippen MR) is 45.8 cm³/mol. The lowest BCUT2D eigenvalue weighted by Crippen LogP contribution is -2.20. The zero-order valence-corrected chi connectivity index (χ0v) is 7.94. The van der Waals surface area contributed by atoms with E-state index in [4.69, 9.17) is 5.73 Å². The van der Waals surface area contributed by atoms with Crippen LogP contribution in [0.25, 0.3) is 0 Å². The van der Waals surface area contributed by atoms with Gasteiger partial charge in [0.25, 0.3) is 0 Å². The van der Waals surface area contributed by atoms with Crippen LogP contribution in [0.1, 0.15) is 5.56 Å². The van der Waals surface area contributed by atoms with E-state index in [2.05, 4.69) is 4.74 Å². The minimum atomic E-state index is -4.54. The molecule has 90 valence electrons. The van der Waals surface area contributed by atoms with Crippen molar-refractivity contribution in [1.82, 2.24) is 0 Å². The van der Waals surface area contributed by atoms with Crippen LogP contribution in [-0.2, 0) is 6.54 Å². The second kappa shape index (κ2) is 4.65. The summed E-state index contributed by atoms with van der Waals surface area (Å²) in [4.78, 5) is 0. The van der Waals surface area contributed by atoms with Crippen molar-refractivity contribution in [1.29, 1.82) is 0 Å². The highest BCUT2D eigenvalue weighted by Gasteiger charge is 2.29. The van der Waals surface area contributed by atoms with E-state index in [0.717, 1.165) is 0 Å². The molecule has 1 aromatic rings. The summed E-state index contributed by atoms with van der Waals surface area (Å²) in [5.74, 6) is -2.87. The van der Waals surface area contributed by atoms with E-state index in [1.54, 1.807) is 0 Å². The van der Waals surface area contributed by atoms with Gasteiger partial charge >= 0.3 is 6.18 Å². The van der Waals surface area contributed by atoms with Crippen LogP contribution in [0, 0.1) is 11.6 Å². The summed E-state index contributed by atoms with van der Waals surface area (Å²) in [6, 6.07) is 1.25. The van der Waals surface area contributed by atoms with Gasteiger partial charge in [0.15, 0.2) is 18.2 Å². The fourth-order valence-electron chi connectivity index (χ4n) is 1.02. The molecule has 0 fully saturated rings. The molecule has 0 heterocycles. The van der Waals surface area contributed by atoms with E-state index in [9.17, 15) is 22.0 Å². The molecule has 0 atom stereocenters. The molecule has 2 nitrogen and oxygen atoms in total. The molecule has 0 aliphatic heterocycles. The maximum absolute atomic E-state index is 12.7.